The van der Waals surface area contributed by atoms with E-state index in [0.29, 0.717) is 18.0 Å². The molecule has 4 N–H and O–H groups in total. The lowest BCUT2D eigenvalue weighted by Crippen LogP contribution is -2.47. The van der Waals surface area contributed by atoms with Gasteiger partial charge in [-0.1, -0.05) is 25.1 Å². The van der Waals surface area contributed by atoms with Crippen molar-refractivity contribution in [2.24, 2.45) is 5.92 Å². The number of carbonyl (C=O) groups excluding carboxylic acids is 1. The molecule has 0 radical (unpaired) electrons. The molecule has 0 heterocycles. The normalized spacial score (nSPS) is 12.4. The fourth-order valence-corrected chi connectivity index (χ4v) is 2.10. The van der Waals surface area contributed by atoms with Crippen LogP contribution in [0.15, 0.2) is 30.3 Å². The number of para-hydroxylation sites is 1. The maximum atomic E-state index is 12.0. The monoisotopic (exact) mass is 309 g/mol. The van der Waals surface area contributed by atoms with Crippen LogP contribution in [0.25, 0.3) is 0 Å². The molecule has 21 heavy (non-hydrogen) atoms. The topological polar surface area (TPSA) is 73.4 Å². The lowest BCUT2D eigenvalue weighted by molar-refractivity contribution is -0.127. The second kappa shape index (κ2) is 7.95. The zero-order valence-corrected chi connectivity index (χ0v) is 13.5. The van der Waals surface area contributed by atoms with Gasteiger partial charge in [-0.15, -0.1) is 0 Å². The molecule has 1 rings (SSSR count). The summed E-state index contributed by atoms with van der Waals surface area (Å²) in [6.45, 7) is 5.30. The molecule has 0 unspecified atom stereocenters. The Labute approximate surface area is 131 Å². The number of amides is 1. The van der Waals surface area contributed by atoms with Crippen molar-refractivity contribution in [3.8, 4) is 0 Å². The number of thiocarbonyl (C=S) groups is 1. The van der Waals surface area contributed by atoms with E-state index in [0.717, 1.165) is 5.69 Å². The molecule has 1 aromatic carbocycles. The van der Waals surface area contributed by atoms with Crippen molar-refractivity contribution < 1.29 is 9.90 Å². The largest absolute Gasteiger partial charge is 0.390 e. The average Bonchev–Trinajstić information content (AvgIpc) is 2.42. The molecule has 0 bridgehead atoms. The molecule has 0 aromatic heterocycles. The number of carbonyl (C=O) groups is 1. The summed E-state index contributed by atoms with van der Waals surface area (Å²) < 4.78 is 0. The van der Waals surface area contributed by atoms with E-state index in [1.807, 2.05) is 37.3 Å². The highest BCUT2D eigenvalue weighted by Gasteiger charge is 2.24. The van der Waals surface area contributed by atoms with Crippen LogP contribution >= 0.6 is 12.2 Å². The summed E-state index contributed by atoms with van der Waals surface area (Å²) in [6.07, 6.45) is 1.05. The fourth-order valence-electron chi connectivity index (χ4n) is 1.93. The first-order chi connectivity index (χ1) is 9.81. The van der Waals surface area contributed by atoms with Gasteiger partial charge in [-0.2, -0.15) is 0 Å². The maximum Gasteiger partial charge on any atom is 0.241 e. The molecule has 0 saturated heterocycles. The minimum Gasteiger partial charge on any atom is -0.390 e. The van der Waals surface area contributed by atoms with E-state index in [1.54, 1.807) is 13.8 Å². The standard InChI is InChI=1S/C15H23N3O2S/c1-4-11(10-15(2,3)20)13(19)17-18-14(21)16-12-8-6-5-7-9-12/h5-9,11,20H,4,10H2,1-3H3,(H,17,19)(H2,16,18,21)/t11-/m0/s1. The van der Waals surface area contributed by atoms with Crippen LogP contribution in [0.3, 0.4) is 0 Å². The molecule has 0 spiro atoms. The number of hydrazine groups is 1. The van der Waals surface area contributed by atoms with Crippen molar-refractivity contribution in [2.45, 2.75) is 39.2 Å². The first-order valence-corrected chi connectivity index (χ1v) is 7.37. The van der Waals surface area contributed by atoms with E-state index in [2.05, 4.69) is 16.2 Å². The van der Waals surface area contributed by atoms with Gasteiger partial charge in [0.1, 0.15) is 0 Å². The van der Waals surface area contributed by atoms with E-state index in [4.69, 9.17) is 12.2 Å². The molecule has 0 saturated carbocycles. The summed E-state index contributed by atoms with van der Waals surface area (Å²) in [4.78, 5) is 12.0. The van der Waals surface area contributed by atoms with Crippen molar-refractivity contribution in [2.75, 3.05) is 5.32 Å². The van der Waals surface area contributed by atoms with E-state index in [1.165, 1.54) is 0 Å². The SMILES string of the molecule is CC[C@@H](CC(C)(C)O)C(=O)NNC(=S)Nc1ccccc1. The molecule has 6 heteroatoms. The predicted molar refractivity (Wildman–Crippen MR) is 88.6 cm³/mol. The number of benzene rings is 1. The molecular weight excluding hydrogens is 286 g/mol. The Hall–Kier alpha value is -1.66. The third kappa shape index (κ3) is 7.06. The van der Waals surface area contributed by atoms with Crippen molar-refractivity contribution >= 4 is 28.9 Å². The summed E-state index contributed by atoms with van der Waals surface area (Å²) in [7, 11) is 0. The Morgan fingerprint density at radius 3 is 2.43 bits per heavy atom. The highest BCUT2D eigenvalue weighted by molar-refractivity contribution is 7.80. The van der Waals surface area contributed by atoms with Crippen LogP contribution in [0.5, 0.6) is 0 Å². The molecule has 0 aliphatic heterocycles. The number of rotatable bonds is 5. The van der Waals surface area contributed by atoms with Gasteiger partial charge in [0.05, 0.1) is 5.60 Å². The van der Waals surface area contributed by atoms with E-state index in [-0.39, 0.29) is 11.8 Å². The van der Waals surface area contributed by atoms with Crippen molar-refractivity contribution in [1.29, 1.82) is 0 Å². The number of hydrogen-bond donors (Lipinski definition) is 4. The number of anilines is 1. The summed E-state index contributed by atoms with van der Waals surface area (Å²) >= 11 is 5.10. The number of aliphatic hydroxyl groups is 1. The Bertz CT molecular complexity index is 472. The summed E-state index contributed by atoms with van der Waals surface area (Å²) in [5.41, 5.74) is 5.21. The van der Waals surface area contributed by atoms with Crippen LogP contribution in [0, 0.1) is 5.92 Å². The van der Waals surface area contributed by atoms with E-state index >= 15 is 0 Å². The van der Waals surface area contributed by atoms with Crippen LogP contribution in [0.2, 0.25) is 0 Å². The fraction of sp³-hybridized carbons (Fsp3) is 0.467. The Morgan fingerprint density at radius 1 is 1.29 bits per heavy atom. The Kier molecular flexibility index (Phi) is 6.58. The highest BCUT2D eigenvalue weighted by atomic mass is 32.1. The first kappa shape index (κ1) is 17.4. The highest BCUT2D eigenvalue weighted by Crippen LogP contribution is 2.18. The molecule has 0 aliphatic carbocycles. The van der Waals surface area contributed by atoms with Gasteiger partial charge >= 0.3 is 0 Å². The molecule has 0 aliphatic rings. The third-order valence-corrected chi connectivity index (χ3v) is 3.14. The third-order valence-electron chi connectivity index (χ3n) is 2.94. The molecule has 116 valence electrons. The minimum absolute atomic E-state index is 0.183. The van der Waals surface area contributed by atoms with Gasteiger partial charge in [0.25, 0.3) is 0 Å². The van der Waals surface area contributed by atoms with Gasteiger partial charge < -0.3 is 10.4 Å². The van der Waals surface area contributed by atoms with Crippen molar-refractivity contribution in [3.63, 3.8) is 0 Å². The van der Waals surface area contributed by atoms with Gasteiger partial charge in [-0.3, -0.25) is 15.6 Å². The Morgan fingerprint density at radius 2 is 1.90 bits per heavy atom. The van der Waals surface area contributed by atoms with Gasteiger partial charge in [0, 0.05) is 11.6 Å². The zero-order chi connectivity index (χ0) is 15.9. The van der Waals surface area contributed by atoms with Crippen molar-refractivity contribution in [1.82, 2.24) is 10.9 Å². The number of hydrogen-bond acceptors (Lipinski definition) is 3. The molecule has 0 fully saturated rings. The second-order valence-electron chi connectivity index (χ2n) is 5.56. The first-order valence-electron chi connectivity index (χ1n) is 6.96. The van der Waals surface area contributed by atoms with Gasteiger partial charge in [-0.25, -0.2) is 0 Å². The molecule has 1 aromatic rings. The van der Waals surface area contributed by atoms with Crippen molar-refractivity contribution in [3.05, 3.63) is 30.3 Å². The summed E-state index contributed by atoms with van der Waals surface area (Å²) in [5.74, 6) is -0.450. The van der Waals surface area contributed by atoms with Crippen LogP contribution in [-0.4, -0.2) is 21.7 Å². The molecule has 1 amide bonds. The van der Waals surface area contributed by atoms with Gasteiger partial charge in [-0.05, 0) is 51.0 Å². The maximum absolute atomic E-state index is 12.0. The van der Waals surface area contributed by atoms with Gasteiger partial charge in [0.2, 0.25) is 5.91 Å². The minimum atomic E-state index is -0.874. The number of nitrogens with one attached hydrogen (secondary N) is 3. The lowest BCUT2D eigenvalue weighted by Gasteiger charge is -2.23. The molecule has 5 nitrogen and oxygen atoms in total. The quantitative estimate of drug-likeness (QED) is 0.496. The zero-order valence-electron chi connectivity index (χ0n) is 12.6. The van der Waals surface area contributed by atoms with E-state index in [9.17, 15) is 9.90 Å². The smallest absolute Gasteiger partial charge is 0.241 e. The average molecular weight is 309 g/mol. The summed E-state index contributed by atoms with van der Waals surface area (Å²) in [5, 5.41) is 13.1. The van der Waals surface area contributed by atoms with Crippen LogP contribution in [0.1, 0.15) is 33.6 Å². The van der Waals surface area contributed by atoms with E-state index < -0.39 is 5.60 Å². The summed E-state index contributed by atoms with van der Waals surface area (Å²) in [6, 6.07) is 9.43. The predicted octanol–water partition coefficient (Wildman–Crippen LogP) is 2.19. The van der Waals surface area contributed by atoms with Crippen LogP contribution in [0.4, 0.5) is 5.69 Å². The Balaban J connectivity index is 2.42. The van der Waals surface area contributed by atoms with Crippen LogP contribution < -0.4 is 16.2 Å². The molecular formula is C15H23N3O2S. The lowest BCUT2D eigenvalue weighted by atomic mass is 9.91. The second-order valence-corrected chi connectivity index (χ2v) is 5.96. The van der Waals surface area contributed by atoms with Gasteiger partial charge in [0.15, 0.2) is 5.11 Å². The van der Waals surface area contributed by atoms with Crippen LogP contribution in [-0.2, 0) is 4.79 Å². The molecule has 1 atom stereocenters.